The molecular weight excluding hydrogens is 339 g/mol. The van der Waals surface area contributed by atoms with E-state index in [9.17, 15) is 13.2 Å². The van der Waals surface area contributed by atoms with Crippen LogP contribution in [0.5, 0.6) is 0 Å². The van der Waals surface area contributed by atoms with Crippen LogP contribution >= 0.6 is 0 Å². The average Bonchev–Trinajstić information content (AvgIpc) is 3.06. The molecule has 0 radical (unpaired) electrons. The smallest absolute Gasteiger partial charge is 0.342 e. The number of fused-ring (bicyclic) bond motifs is 1. The fourth-order valence-electron chi connectivity index (χ4n) is 3.81. The van der Waals surface area contributed by atoms with E-state index >= 15 is 0 Å². The summed E-state index contributed by atoms with van der Waals surface area (Å²) in [5, 5.41) is 0. The largest absolute Gasteiger partial charge is 0.416 e. The minimum absolute atomic E-state index is 0.362. The van der Waals surface area contributed by atoms with Crippen molar-refractivity contribution in [1.82, 2.24) is 9.97 Å². The number of rotatable bonds is 3. The fraction of sp³-hybridized carbons (Fsp3) is 0.350. The Labute approximate surface area is 149 Å². The van der Waals surface area contributed by atoms with Gasteiger partial charge in [-0.05, 0) is 37.1 Å². The van der Waals surface area contributed by atoms with Gasteiger partial charge in [0.2, 0.25) is 0 Å². The molecule has 0 saturated carbocycles. The highest BCUT2D eigenvalue weighted by atomic mass is 19.4. The number of halogens is 3. The van der Waals surface area contributed by atoms with Crippen LogP contribution in [0, 0.1) is 0 Å². The molecule has 0 amide bonds. The number of imidazole rings is 1. The summed E-state index contributed by atoms with van der Waals surface area (Å²) in [5.41, 5.74) is 2.39. The molecule has 1 aromatic heterocycles. The Morgan fingerprint density at radius 1 is 1.08 bits per heavy atom. The number of nitrogens with one attached hydrogen (secondary N) is 2. The molecular formula is C20H21F3N3+. The predicted molar refractivity (Wildman–Crippen MR) is 93.9 cm³/mol. The second kappa shape index (κ2) is 6.76. The lowest BCUT2D eigenvalue weighted by atomic mass is 9.97. The van der Waals surface area contributed by atoms with E-state index in [1.54, 1.807) is 12.1 Å². The molecule has 3 aromatic rings. The Balaban J connectivity index is 1.45. The van der Waals surface area contributed by atoms with Gasteiger partial charge in [-0.3, -0.25) is 0 Å². The molecule has 3 nitrogen and oxygen atoms in total. The molecule has 1 saturated heterocycles. The van der Waals surface area contributed by atoms with Gasteiger partial charge in [-0.1, -0.05) is 24.3 Å². The van der Waals surface area contributed by atoms with Crippen molar-refractivity contribution in [2.75, 3.05) is 13.1 Å². The van der Waals surface area contributed by atoms with Crippen LogP contribution < -0.4 is 4.90 Å². The third kappa shape index (κ3) is 3.60. The number of alkyl halides is 3. The molecule has 0 spiro atoms. The zero-order chi connectivity index (χ0) is 18.1. The first kappa shape index (κ1) is 17.1. The van der Waals surface area contributed by atoms with Crippen molar-refractivity contribution in [3.05, 3.63) is 65.5 Å². The van der Waals surface area contributed by atoms with E-state index in [1.165, 1.54) is 17.0 Å². The van der Waals surface area contributed by atoms with Gasteiger partial charge in [0.15, 0.2) is 0 Å². The molecule has 136 valence electrons. The monoisotopic (exact) mass is 360 g/mol. The number of hydrogen-bond acceptors (Lipinski definition) is 1. The van der Waals surface area contributed by atoms with Gasteiger partial charge in [0, 0.05) is 5.56 Å². The van der Waals surface area contributed by atoms with Crippen molar-refractivity contribution in [2.24, 2.45) is 0 Å². The first-order valence-corrected chi connectivity index (χ1v) is 8.93. The SMILES string of the molecule is FC(F)(F)c1ccc(C[NH+]2CCC[C@@H](c3nc4ccccc4[nH]3)C2)cc1. The van der Waals surface area contributed by atoms with Gasteiger partial charge in [-0.2, -0.15) is 13.2 Å². The lowest BCUT2D eigenvalue weighted by Crippen LogP contribution is -3.12. The van der Waals surface area contributed by atoms with Crippen LogP contribution in [0.25, 0.3) is 11.0 Å². The first-order valence-electron chi connectivity index (χ1n) is 8.93. The molecule has 2 aromatic carbocycles. The minimum Gasteiger partial charge on any atom is -0.342 e. The molecule has 1 fully saturated rings. The highest BCUT2D eigenvalue weighted by Crippen LogP contribution is 2.29. The van der Waals surface area contributed by atoms with Gasteiger partial charge in [-0.15, -0.1) is 0 Å². The molecule has 2 N–H and O–H groups in total. The number of hydrogen-bond donors (Lipinski definition) is 2. The Hall–Kier alpha value is -2.34. The normalized spacial score (nSPS) is 21.2. The number of benzene rings is 2. The van der Waals surface area contributed by atoms with E-state index in [0.717, 1.165) is 54.9 Å². The molecule has 0 bridgehead atoms. The highest BCUT2D eigenvalue weighted by Gasteiger charge is 2.30. The molecule has 26 heavy (non-hydrogen) atoms. The van der Waals surface area contributed by atoms with Crippen molar-refractivity contribution in [3.8, 4) is 0 Å². The van der Waals surface area contributed by atoms with E-state index in [2.05, 4.69) is 4.98 Å². The quantitative estimate of drug-likeness (QED) is 0.736. The summed E-state index contributed by atoms with van der Waals surface area (Å²) in [7, 11) is 0. The van der Waals surface area contributed by atoms with Crippen molar-refractivity contribution >= 4 is 11.0 Å². The standard InChI is InChI=1S/C20H20F3N3/c21-20(22,23)16-9-7-14(8-10-16)12-26-11-3-4-15(13-26)19-24-17-5-1-2-6-18(17)25-19/h1-2,5-10,15H,3-4,11-13H2,(H,24,25)/p+1/t15-/m1/s1. The van der Waals surface area contributed by atoms with E-state index in [4.69, 9.17) is 4.98 Å². The van der Waals surface area contributed by atoms with Gasteiger partial charge in [0.05, 0.1) is 35.6 Å². The average molecular weight is 360 g/mol. The number of nitrogens with zero attached hydrogens (tertiary/aromatic N) is 1. The van der Waals surface area contributed by atoms with E-state index < -0.39 is 11.7 Å². The van der Waals surface area contributed by atoms with Crippen molar-refractivity contribution < 1.29 is 18.1 Å². The summed E-state index contributed by atoms with van der Waals surface area (Å²) in [6.07, 6.45) is -2.09. The van der Waals surface area contributed by atoms with Gasteiger partial charge < -0.3 is 9.88 Å². The highest BCUT2D eigenvalue weighted by molar-refractivity contribution is 5.74. The van der Waals surface area contributed by atoms with Crippen LogP contribution in [-0.4, -0.2) is 23.1 Å². The number of aromatic amines is 1. The number of para-hydroxylation sites is 2. The summed E-state index contributed by atoms with van der Waals surface area (Å²) in [4.78, 5) is 9.54. The Morgan fingerprint density at radius 3 is 2.58 bits per heavy atom. The molecule has 2 atom stereocenters. The lowest BCUT2D eigenvalue weighted by Gasteiger charge is -2.29. The summed E-state index contributed by atoms with van der Waals surface area (Å²) >= 11 is 0. The molecule has 4 rings (SSSR count). The maximum absolute atomic E-state index is 12.7. The third-order valence-electron chi connectivity index (χ3n) is 5.15. The number of piperidine rings is 1. The predicted octanol–water partition coefficient (Wildman–Crippen LogP) is 3.54. The van der Waals surface area contributed by atoms with Crippen LogP contribution in [0.4, 0.5) is 13.2 Å². The summed E-state index contributed by atoms with van der Waals surface area (Å²) < 4.78 is 38.1. The van der Waals surface area contributed by atoms with Gasteiger partial charge in [-0.25, -0.2) is 4.98 Å². The topological polar surface area (TPSA) is 33.1 Å². The number of quaternary nitrogens is 1. The summed E-state index contributed by atoms with van der Waals surface area (Å²) in [6.45, 7) is 2.73. The summed E-state index contributed by atoms with van der Waals surface area (Å²) in [6, 6.07) is 13.6. The number of aromatic nitrogens is 2. The Bertz CT molecular complexity index is 850. The third-order valence-corrected chi connectivity index (χ3v) is 5.15. The zero-order valence-corrected chi connectivity index (χ0v) is 14.3. The van der Waals surface area contributed by atoms with Gasteiger partial charge >= 0.3 is 6.18 Å². The maximum atomic E-state index is 12.7. The molecule has 2 heterocycles. The summed E-state index contributed by atoms with van der Waals surface area (Å²) in [5.74, 6) is 1.39. The zero-order valence-electron chi connectivity index (χ0n) is 14.3. The van der Waals surface area contributed by atoms with Crippen molar-refractivity contribution in [2.45, 2.75) is 31.5 Å². The van der Waals surface area contributed by atoms with Gasteiger partial charge in [0.1, 0.15) is 12.4 Å². The maximum Gasteiger partial charge on any atom is 0.416 e. The molecule has 6 heteroatoms. The first-order chi connectivity index (χ1) is 12.5. The van der Waals surface area contributed by atoms with E-state index in [0.29, 0.717) is 5.92 Å². The molecule has 0 aliphatic carbocycles. The van der Waals surface area contributed by atoms with Crippen LogP contribution in [0.15, 0.2) is 48.5 Å². The van der Waals surface area contributed by atoms with E-state index in [-0.39, 0.29) is 0 Å². The Kier molecular flexibility index (Phi) is 4.44. The minimum atomic E-state index is -4.27. The molecule has 1 unspecified atom stereocenters. The Morgan fingerprint density at radius 2 is 1.85 bits per heavy atom. The van der Waals surface area contributed by atoms with Crippen LogP contribution in [-0.2, 0) is 12.7 Å². The number of H-pyrrole nitrogens is 1. The molecule has 1 aliphatic rings. The van der Waals surface area contributed by atoms with Crippen molar-refractivity contribution in [1.29, 1.82) is 0 Å². The molecule has 1 aliphatic heterocycles. The lowest BCUT2D eigenvalue weighted by molar-refractivity contribution is -0.920. The van der Waals surface area contributed by atoms with Crippen LogP contribution in [0.1, 0.15) is 35.7 Å². The van der Waals surface area contributed by atoms with Crippen LogP contribution in [0.3, 0.4) is 0 Å². The number of likely N-dealkylation sites (tertiary alicyclic amines) is 1. The second-order valence-electron chi connectivity index (χ2n) is 7.05. The van der Waals surface area contributed by atoms with E-state index in [1.807, 2.05) is 24.3 Å². The fourth-order valence-corrected chi connectivity index (χ4v) is 3.81. The second-order valence-corrected chi connectivity index (χ2v) is 7.05. The van der Waals surface area contributed by atoms with Crippen molar-refractivity contribution in [3.63, 3.8) is 0 Å². The van der Waals surface area contributed by atoms with Gasteiger partial charge in [0.25, 0.3) is 0 Å². The van der Waals surface area contributed by atoms with Crippen LogP contribution in [0.2, 0.25) is 0 Å².